The van der Waals surface area contributed by atoms with Gasteiger partial charge in [-0.15, -0.1) is 0 Å². The van der Waals surface area contributed by atoms with Gasteiger partial charge in [0.15, 0.2) is 6.61 Å². The molecule has 7 nitrogen and oxygen atoms in total. The van der Waals surface area contributed by atoms with Crippen molar-refractivity contribution in [3.63, 3.8) is 0 Å². The SMILES string of the molecule is CC(=O)Oc1cccc(C(=O)NC2CCN(C(=O)COc3ccc(Cl)cc3)CC2)c1. The van der Waals surface area contributed by atoms with Crippen LogP contribution in [0.25, 0.3) is 0 Å². The van der Waals surface area contributed by atoms with Crippen LogP contribution in [0.1, 0.15) is 30.1 Å². The molecule has 1 saturated heterocycles. The summed E-state index contributed by atoms with van der Waals surface area (Å²) in [6, 6.07) is 13.3. The number of halogens is 1. The Labute approximate surface area is 179 Å². The Morgan fingerprint density at radius 2 is 1.77 bits per heavy atom. The van der Waals surface area contributed by atoms with Crippen LogP contribution in [-0.4, -0.2) is 48.4 Å². The fourth-order valence-corrected chi connectivity index (χ4v) is 3.30. The summed E-state index contributed by atoms with van der Waals surface area (Å²) in [5, 5.41) is 3.58. The first kappa shape index (κ1) is 21.6. The van der Waals surface area contributed by atoms with Crippen LogP contribution in [0.5, 0.6) is 11.5 Å². The summed E-state index contributed by atoms with van der Waals surface area (Å²) in [4.78, 5) is 37.7. The molecule has 1 N–H and O–H groups in total. The highest BCUT2D eigenvalue weighted by Crippen LogP contribution is 2.17. The lowest BCUT2D eigenvalue weighted by atomic mass is 10.0. The summed E-state index contributed by atoms with van der Waals surface area (Å²) < 4.78 is 10.5. The van der Waals surface area contributed by atoms with E-state index < -0.39 is 5.97 Å². The second-order valence-electron chi connectivity index (χ2n) is 6.99. The highest BCUT2D eigenvalue weighted by Gasteiger charge is 2.24. The highest BCUT2D eigenvalue weighted by molar-refractivity contribution is 6.30. The maximum atomic E-state index is 12.5. The van der Waals surface area contributed by atoms with E-state index in [2.05, 4.69) is 5.32 Å². The molecule has 0 atom stereocenters. The van der Waals surface area contributed by atoms with Gasteiger partial charge in [0.05, 0.1) is 0 Å². The number of nitrogens with zero attached hydrogens (tertiary/aromatic N) is 1. The summed E-state index contributed by atoms with van der Waals surface area (Å²) in [7, 11) is 0. The van der Waals surface area contributed by atoms with Crippen molar-refractivity contribution in [1.29, 1.82) is 0 Å². The number of rotatable bonds is 6. The van der Waals surface area contributed by atoms with Crippen molar-refractivity contribution < 1.29 is 23.9 Å². The largest absolute Gasteiger partial charge is 0.484 e. The third-order valence-electron chi connectivity index (χ3n) is 4.72. The number of benzene rings is 2. The lowest BCUT2D eigenvalue weighted by molar-refractivity contribution is -0.134. The standard InChI is InChI=1S/C22H23ClN2O5/c1-15(26)30-20-4-2-3-16(13-20)22(28)24-18-9-11-25(12-10-18)21(27)14-29-19-7-5-17(23)6-8-19/h2-8,13,18H,9-12,14H2,1H3,(H,24,28). The van der Waals surface area contributed by atoms with E-state index in [0.717, 1.165) is 0 Å². The van der Waals surface area contributed by atoms with Gasteiger partial charge in [-0.05, 0) is 55.3 Å². The van der Waals surface area contributed by atoms with Crippen LogP contribution in [0.2, 0.25) is 5.02 Å². The second kappa shape index (κ2) is 10.1. The Hall–Kier alpha value is -3.06. The maximum absolute atomic E-state index is 12.5. The van der Waals surface area contributed by atoms with Crippen LogP contribution in [0.15, 0.2) is 48.5 Å². The molecule has 1 aliphatic rings. The monoisotopic (exact) mass is 430 g/mol. The molecule has 8 heteroatoms. The molecule has 1 heterocycles. The average Bonchev–Trinajstić information content (AvgIpc) is 2.73. The summed E-state index contributed by atoms with van der Waals surface area (Å²) in [6.07, 6.45) is 1.31. The Kier molecular flexibility index (Phi) is 7.30. The molecule has 3 rings (SSSR count). The van der Waals surface area contributed by atoms with Crippen molar-refractivity contribution in [3.05, 3.63) is 59.1 Å². The number of likely N-dealkylation sites (tertiary alicyclic amines) is 1. The maximum Gasteiger partial charge on any atom is 0.308 e. The van der Waals surface area contributed by atoms with E-state index in [1.54, 1.807) is 47.4 Å². The van der Waals surface area contributed by atoms with E-state index in [9.17, 15) is 14.4 Å². The summed E-state index contributed by atoms with van der Waals surface area (Å²) >= 11 is 5.83. The van der Waals surface area contributed by atoms with Gasteiger partial charge in [0.1, 0.15) is 11.5 Å². The van der Waals surface area contributed by atoms with Crippen LogP contribution in [0, 0.1) is 0 Å². The first-order chi connectivity index (χ1) is 14.4. The van der Waals surface area contributed by atoms with Gasteiger partial charge >= 0.3 is 5.97 Å². The zero-order valence-corrected chi connectivity index (χ0v) is 17.4. The molecular formula is C22H23ClN2O5. The number of hydrogen-bond acceptors (Lipinski definition) is 5. The summed E-state index contributed by atoms with van der Waals surface area (Å²) in [5.41, 5.74) is 0.420. The average molecular weight is 431 g/mol. The number of carbonyl (C=O) groups excluding carboxylic acids is 3. The first-order valence-electron chi connectivity index (χ1n) is 9.66. The number of amides is 2. The van der Waals surface area contributed by atoms with Gasteiger partial charge in [0.25, 0.3) is 11.8 Å². The topological polar surface area (TPSA) is 84.9 Å². The minimum atomic E-state index is -0.440. The summed E-state index contributed by atoms with van der Waals surface area (Å²) in [6.45, 7) is 2.35. The van der Waals surface area contributed by atoms with Crippen molar-refractivity contribution in [2.45, 2.75) is 25.8 Å². The van der Waals surface area contributed by atoms with Gasteiger partial charge in [0, 0.05) is 36.6 Å². The van der Waals surface area contributed by atoms with Gasteiger partial charge in [0.2, 0.25) is 0 Å². The fraction of sp³-hybridized carbons (Fsp3) is 0.318. The summed E-state index contributed by atoms with van der Waals surface area (Å²) in [5.74, 6) is 0.149. The molecule has 0 radical (unpaired) electrons. The number of nitrogens with one attached hydrogen (secondary N) is 1. The lowest BCUT2D eigenvalue weighted by Crippen LogP contribution is -2.47. The number of esters is 1. The molecule has 0 aliphatic carbocycles. The molecule has 0 aromatic heterocycles. The van der Waals surface area contributed by atoms with Gasteiger partial charge in [-0.25, -0.2) is 0 Å². The molecule has 30 heavy (non-hydrogen) atoms. The van der Waals surface area contributed by atoms with Gasteiger partial charge in [-0.3, -0.25) is 14.4 Å². The highest BCUT2D eigenvalue weighted by atomic mass is 35.5. The number of ether oxygens (including phenoxy) is 2. The normalized spacial score (nSPS) is 14.1. The molecule has 0 saturated carbocycles. The first-order valence-corrected chi connectivity index (χ1v) is 10.0. The molecule has 1 aliphatic heterocycles. The molecule has 2 aromatic rings. The Morgan fingerprint density at radius 1 is 1.07 bits per heavy atom. The van der Waals surface area contributed by atoms with E-state index >= 15 is 0 Å². The third-order valence-corrected chi connectivity index (χ3v) is 4.97. The van der Waals surface area contributed by atoms with Crippen LogP contribution < -0.4 is 14.8 Å². The van der Waals surface area contributed by atoms with Crippen molar-refractivity contribution >= 4 is 29.4 Å². The van der Waals surface area contributed by atoms with E-state index in [-0.39, 0.29) is 24.5 Å². The molecular weight excluding hydrogens is 408 g/mol. The molecule has 1 fully saturated rings. The van der Waals surface area contributed by atoms with Crippen LogP contribution in [-0.2, 0) is 9.59 Å². The number of carbonyl (C=O) groups is 3. The predicted molar refractivity (Wildman–Crippen MR) is 112 cm³/mol. The number of piperidine rings is 1. The molecule has 0 unspecified atom stereocenters. The van der Waals surface area contributed by atoms with Gasteiger partial charge in [-0.1, -0.05) is 17.7 Å². The molecule has 2 aromatic carbocycles. The van der Waals surface area contributed by atoms with Crippen molar-refractivity contribution in [3.8, 4) is 11.5 Å². The van der Waals surface area contributed by atoms with Crippen molar-refractivity contribution in [1.82, 2.24) is 10.2 Å². The van der Waals surface area contributed by atoms with E-state index in [0.29, 0.717) is 48.0 Å². The minimum Gasteiger partial charge on any atom is -0.484 e. The molecule has 0 spiro atoms. The lowest BCUT2D eigenvalue weighted by Gasteiger charge is -2.32. The second-order valence-corrected chi connectivity index (χ2v) is 7.43. The van der Waals surface area contributed by atoms with E-state index in [4.69, 9.17) is 21.1 Å². The van der Waals surface area contributed by atoms with Crippen LogP contribution in [0.4, 0.5) is 0 Å². The molecule has 2 amide bonds. The number of hydrogen-bond donors (Lipinski definition) is 1. The smallest absolute Gasteiger partial charge is 0.308 e. The Morgan fingerprint density at radius 3 is 2.43 bits per heavy atom. The molecule has 158 valence electrons. The Balaban J connectivity index is 1.44. The van der Waals surface area contributed by atoms with E-state index in [1.807, 2.05) is 0 Å². The van der Waals surface area contributed by atoms with Crippen molar-refractivity contribution in [2.24, 2.45) is 0 Å². The van der Waals surface area contributed by atoms with Crippen molar-refractivity contribution in [2.75, 3.05) is 19.7 Å². The van der Waals surface area contributed by atoms with Gasteiger partial charge < -0.3 is 19.7 Å². The predicted octanol–water partition coefficient (Wildman–Crippen LogP) is 3.07. The third kappa shape index (κ3) is 6.22. The van der Waals surface area contributed by atoms with Crippen LogP contribution in [0.3, 0.4) is 0 Å². The molecule has 0 bridgehead atoms. The van der Waals surface area contributed by atoms with Crippen LogP contribution >= 0.6 is 11.6 Å². The minimum absolute atomic E-state index is 0.0314. The van der Waals surface area contributed by atoms with Gasteiger partial charge in [-0.2, -0.15) is 0 Å². The fourth-order valence-electron chi connectivity index (χ4n) is 3.18. The Bertz CT molecular complexity index is 908. The zero-order valence-electron chi connectivity index (χ0n) is 16.6. The van der Waals surface area contributed by atoms with E-state index in [1.165, 1.54) is 13.0 Å². The quantitative estimate of drug-likeness (QED) is 0.562. The zero-order chi connectivity index (χ0) is 21.5.